The van der Waals surface area contributed by atoms with Crippen LogP contribution in [-0.4, -0.2) is 85.2 Å². The standard InChI is InChI=1S/C22H30N4O2S/c1-23-20(17-18-5-7-19(8-6-18)25-10-2-3-11-25)21(27)26(22(23)29)12-4-9-24-13-15-28-16-14-24/h5-8,17H,2-4,9-16H2,1H3/b20-17-. The number of carbonyl (C=O) groups is 1. The van der Waals surface area contributed by atoms with Crippen LogP contribution in [0, 0.1) is 0 Å². The van der Waals surface area contributed by atoms with Crippen LogP contribution >= 0.6 is 12.2 Å². The zero-order valence-electron chi connectivity index (χ0n) is 17.2. The van der Waals surface area contributed by atoms with E-state index in [-0.39, 0.29) is 5.91 Å². The number of likely N-dealkylation sites (N-methyl/N-ethyl adjacent to an activating group) is 1. The minimum atomic E-state index is 0.00287. The van der Waals surface area contributed by atoms with Gasteiger partial charge in [-0.15, -0.1) is 0 Å². The van der Waals surface area contributed by atoms with Crippen molar-refractivity contribution in [1.82, 2.24) is 14.7 Å². The van der Waals surface area contributed by atoms with Gasteiger partial charge in [0.05, 0.1) is 13.2 Å². The lowest BCUT2D eigenvalue weighted by Crippen LogP contribution is -2.39. The molecule has 0 N–H and O–H groups in total. The fraction of sp³-hybridized carbons (Fsp3) is 0.545. The minimum Gasteiger partial charge on any atom is -0.379 e. The lowest BCUT2D eigenvalue weighted by Gasteiger charge is -2.27. The Morgan fingerprint density at radius 3 is 2.41 bits per heavy atom. The van der Waals surface area contributed by atoms with Crippen molar-refractivity contribution >= 4 is 35.0 Å². The third-order valence-corrected chi connectivity index (χ3v) is 6.47. The Morgan fingerprint density at radius 1 is 1.03 bits per heavy atom. The second-order valence-electron chi connectivity index (χ2n) is 7.92. The molecule has 29 heavy (non-hydrogen) atoms. The van der Waals surface area contributed by atoms with Gasteiger partial charge in [0.25, 0.3) is 5.91 Å². The molecule has 0 radical (unpaired) electrons. The summed E-state index contributed by atoms with van der Waals surface area (Å²) in [6, 6.07) is 8.48. The Hall–Kier alpha value is -1.96. The predicted molar refractivity (Wildman–Crippen MR) is 120 cm³/mol. The Balaban J connectivity index is 1.38. The van der Waals surface area contributed by atoms with Crippen LogP contribution in [0.2, 0.25) is 0 Å². The molecule has 0 spiro atoms. The molecule has 0 aromatic heterocycles. The van der Waals surface area contributed by atoms with E-state index in [2.05, 4.69) is 34.1 Å². The molecule has 6 nitrogen and oxygen atoms in total. The number of hydrogen-bond donors (Lipinski definition) is 0. The van der Waals surface area contributed by atoms with Crippen molar-refractivity contribution in [1.29, 1.82) is 0 Å². The Bertz CT molecular complexity index is 768. The van der Waals surface area contributed by atoms with Crippen LogP contribution in [-0.2, 0) is 9.53 Å². The largest absolute Gasteiger partial charge is 0.379 e. The van der Waals surface area contributed by atoms with Gasteiger partial charge in [0.1, 0.15) is 5.70 Å². The van der Waals surface area contributed by atoms with Gasteiger partial charge in [0, 0.05) is 52.0 Å². The summed E-state index contributed by atoms with van der Waals surface area (Å²) in [7, 11) is 1.88. The fourth-order valence-electron chi connectivity index (χ4n) is 4.20. The highest BCUT2D eigenvalue weighted by molar-refractivity contribution is 7.80. The molecule has 3 saturated heterocycles. The summed E-state index contributed by atoms with van der Waals surface area (Å²) in [5.74, 6) is 0.00287. The molecule has 4 rings (SSSR count). The van der Waals surface area contributed by atoms with Crippen LogP contribution in [0.1, 0.15) is 24.8 Å². The molecule has 1 amide bonds. The SMILES string of the molecule is CN1C(=S)N(CCCN2CCOCC2)C(=O)/C1=C/c1ccc(N2CCCC2)cc1. The van der Waals surface area contributed by atoms with Gasteiger partial charge in [0.15, 0.2) is 5.11 Å². The lowest BCUT2D eigenvalue weighted by molar-refractivity contribution is -0.122. The van der Waals surface area contributed by atoms with E-state index < -0.39 is 0 Å². The van der Waals surface area contributed by atoms with E-state index in [0.717, 1.165) is 57.9 Å². The molecule has 3 aliphatic rings. The number of thiocarbonyl (C=S) groups is 1. The molecule has 0 atom stereocenters. The zero-order chi connectivity index (χ0) is 20.2. The third kappa shape index (κ3) is 4.63. The van der Waals surface area contributed by atoms with Gasteiger partial charge in [-0.1, -0.05) is 12.1 Å². The summed E-state index contributed by atoms with van der Waals surface area (Å²) in [6.45, 7) is 7.43. The average Bonchev–Trinajstić information content (AvgIpc) is 3.35. The summed E-state index contributed by atoms with van der Waals surface area (Å²) in [5.41, 5.74) is 2.94. The molecule has 3 fully saturated rings. The second kappa shape index (κ2) is 9.24. The number of hydrogen-bond acceptors (Lipinski definition) is 5. The number of carbonyl (C=O) groups excluding carboxylic acids is 1. The molecule has 3 aliphatic heterocycles. The summed E-state index contributed by atoms with van der Waals surface area (Å²) in [5, 5.41) is 0.594. The van der Waals surface area contributed by atoms with Crippen LogP contribution in [0.5, 0.6) is 0 Å². The Morgan fingerprint density at radius 2 is 1.72 bits per heavy atom. The van der Waals surface area contributed by atoms with Crippen LogP contribution in [0.15, 0.2) is 30.0 Å². The van der Waals surface area contributed by atoms with Crippen LogP contribution in [0.25, 0.3) is 6.08 Å². The molecule has 0 bridgehead atoms. The van der Waals surface area contributed by atoms with Gasteiger partial charge in [-0.3, -0.25) is 14.6 Å². The van der Waals surface area contributed by atoms with Crippen LogP contribution in [0.3, 0.4) is 0 Å². The maximum Gasteiger partial charge on any atom is 0.276 e. The highest BCUT2D eigenvalue weighted by Gasteiger charge is 2.35. The number of anilines is 1. The summed E-state index contributed by atoms with van der Waals surface area (Å²) in [4.78, 5) is 21.3. The quantitative estimate of drug-likeness (QED) is 0.526. The van der Waals surface area contributed by atoms with Crippen molar-refractivity contribution < 1.29 is 9.53 Å². The fourth-order valence-corrected chi connectivity index (χ4v) is 4.47. The molecule has 1 aromatic rings. The first-order valence-electron chi connectivity index (χ1n) is 10.6. The molecule has 7 heteroatoms. The number of nitrogens with zero attached hydrogens (tertiary/aromatic N) is 4. The van der Waals surface area contributed by atoms with Crippen molar-refractivity contribution in [2.45, 2.75) is 19.3 Å². The van der Waals surface area contributed by atoms with Crippen molar-refractivity contribution in [3.63, 3.8) is 0 Å². The smallest absolute Gasteiger partial charge is 0.276 e. The molecule has 0 saturated carbocycles. The number of morpholine rings is 1. The van der Waals surface area contributed by atoms with Crippen LogP contribution < -0.4 is 4.90 Å². The number of rotatable bonds is 6. The first-order chi connectivity index (χ1) is 14.1. The molecular formula is C22H30N4O2S. The summed E-state index contributed by atoms with van der Waals surface area (Å²) >= 11 is 5.55. The molecule has 0 aliphatic carbocycles. The number of amides is 1. The first-order valence-corrected chi connectivity index (χ1v) is 11.0. The zero-order valence-corrected chi connectivity index (χ0v) is 18.0. The lowest BCUT2D eigenvalue weighted by atomic mass is 10.1. The van der Waals surface area contributed by atoms with Gasteiger partial charge < -0.3 is 14.5 Å². The summed E-state index contributed by atoms with van der Waals surface area (Å²) in [6.07, 6.45) is 5.40. The summed E-state index contributed by atoms with van der Waals surface area (Å²) < 4.78 is 5.39. The van der Waals surface area contributed by atoms with Crippen molar-refractivity contribution in [2.24, 2.45) is 0 Å². The highest BCUT2D eigenvalue weighted by Crippen LogP contribution is 2.25. The van der Waals surface area contributed by atoms with Crippen molar-refractivity contribution in [2.75, 3.05) is 64.4 Å². The first kappa shape index (κ1) is 20.3. The minimum absolute atomic E-state index is 0.00287. The monoisotopic (exact) mass is 414 g/mol. The van der Waals surface area contributed by atoms with Gasteiger partial charge in [-0.25, -0.2) is 0 Å². The second-order valence-corrected chi connectivity index (χ2v) is 8.29. The van der Waals surface area contributed by atoms with E-state index in [1.54, 1.807) is 4.90 Å². The Kier molecular flexibility index (Phi) is 6.47. The molecule has 156 valence electrons. The van der Waals surface area contributed by atoms with E-state index in [9.17, 15) is 4.79 Å². The van der Waals surface area contributed by atoms with Gasteiger partial charge in [0.2, 0.25) is 0 Å². The Labute approximate surface area is 178 Å². The third-order valence-electron chi connectivity index (χ3n) is 5.97. The van der Waals surface area contributed by atoms with E-state index >= 15 is 0 Å². The van der Waals surface area contributed by atoms with E-state index in [1.807, 2.05) is 18.0 Å². The molecule has 1 aromatic carbocycles. The maximum atomic E-state index is 13.0. The van der Waals surface area contributed by atoms with E-state index in [0.29, 0.717) is 17.4 Å². The topological polar surface area (TPSA) is 39.3 Å². The van der Waals surface area contributed by atoms with Crippen molar-refractivity contribution in [3.8, 4) is 0 Å². The van der Waals surface area contributed by atoms with Crippen molar-refractivity contribution in [3.05, 3.63) is 35.5 Å². The van der Waals surface area contributed by atoms with Gasteiger partial charge in [-0.05, 0) is 55.3 Å². The maximum absolute atomic E-state index is 13.0. The van der Waals surface area contributed by atoms with E-state index in [1.165, 1.54) is 18.5 Å². The van der Waals surface area contributed by atoms with Gasteiger partial charge >= 0.3 is 0 Å². The predicted octanol–water partition coefficient (Wildman–Crippen LogP) is 2.41. The normalized spacial score (nSPS) is 22.4. The molecule has 0 unspecified atom stereocenters. The van der Waals surface area contributed by atoms with Gasteiger partial charge in [-0.2, -0.15) is 0 Å². The number of ether oxygens (including phenoxy) is 1. The number of benzene rings is 1. The van der Waals surface area contributed by atoms with E-state index in [4.69, 9.17) is 17.0 Å². The average molecular weight is 415 g/mol. The highest BCUT2D eigenvalue weighted by atomic mass is 32.1. The van der Waals surface area contributed by atoms with Crippen LogP contribution in [0.4, 0.5) is 5.69 Å². The molecular weight excluding hydrogens is 384 g/mol. The molecule has 3 heterocycles.